The van der Waals surface area contributed by atoms with E-state index in [1.165, 1.54) is 0 Å². The molecule has 6 nitrogen and oxygen atoms in total. The Kier molecular flexibility index (Phi) is 5.40. The van der Waals surface area contributed by atoms with Gasteiger partial charge in [0.2, 0.25) is 0 Å². The van der Waals surface area contributed by atoms with Crippen molar-refractivity contribution in [1.82, 2.24) is 10.2 Å². The van der Waals surface area contributed by atoms with E-state index in [9.17, 15) is 9.59 Å². The Morgan fingerprint density at radius 3 is 2.56 bits per heavy atom. The number of carbonyl (C=O) groups excluding carboxylic acids is 2. The number of carbonyl (C=O) groups is 2. The number of H-pyrrole nitrogens is 1. The van der Waals surface area contributed by atoms with Gasteiger partial charge < -0.3 is 4.74 Å². The Bertz CT molecular complexity index is 1280. The lowest BCUT2D eigenvalue weighted by molar-refractivity contribution is 0.0526. The molecule has 8 heteroatoms. The van der Waals surface area contributed by atoms with Crippen LogP contribution in [0.25, 0.3) is 10.6 Å². The normalized spacial score (nSPS) is 15.1. The maximum absolute atomic E-state index is 13.5. The predicted molar refractivity (Wildman–Crippen MR) is 127 cm³/mol. The summed E-state index contributed by atoms with van der Waals surface area (Å²) in [6, 6.07) is 18.5. The van der Waals surface area contributed by atoms with Gasteiger partial charge in [0.15, 0.2) is 5.69 Å². The summed E-state index contributed by atoms with van der Waals surface area (Å²) >= 11 is 5.08. The molecule has 0 spiro atoms. The topological polar surface area (TPSA) is 75.3 Å². The molecular formula is C24H18BrN3O3S. The van der Waals surface area contributed by atoms with E-state index in [-0.39, 0.29) is 17.9 Å². The van der Waals surface area contributed by atoms with Crippen LogP contribution in [0.1, 0.15) is 44.9 Å². The molecule has 0 unspecified atom stereocenters. The van der Waals surface area contributed by atoms with Crippen LogP contribution in [-0.2, 0) is 4.74 Å². The summed E-state index contributed by atoms with van der Waals surface area (Å²) in [6.07, 6.45) is 0. The first-order valence-corrected chi connectivity index (χ1v) is 11.7. The summed E-state index contributed by atoms with van der Waals surface area (Å²) < 4.78 is 6.03. The first-order chi connectivity index (χ1) is 15.6. The minimum atomic E-state index is -0.385. The van der Waals surface area contributed by atoms with Crippen molar-refractivity contribution in [3.8, 4) is 10.6 Å². The molecule has 1 atom stereocenters. The number of thiophene rings is 1. The molecule has 0 bridgehead atoms. The lowest BCUT2D eigenvalue weighted by Gasteiger charge is -2.26. The van der Waals surface area contributed by atoms with Crippen molar-refractivity contribution in [3.63, 3.8) is 0 Å². The van der Waals surface area contributed by atoms with Crippen molar-refractivity contribution in [2.75, 3.05) is 11.5 Å². The predicted octanol–water partition coefficient (Wildman–Crippen LogP) is 5.83. The Balaban J connectivity index is 1.62. The highest BCUT2D eigenvalue weighted by Gasteiger charge is 2.43. The zero-order valence-corrected chi connectivity index (χ0v) is 19.4. The van der Waals surface area contributed by atoms with Crippen LogP contribution < -0.4 is 4.90 Å². The van der Waals surface area contributed by atoms with Gasteiger partial charge in [0.05, 0.1) is 28.8 Å². The molecule has 1 aliphatic heterocycles. The molecule has 1 N–H and O–H groups in total. The van der Waals surface area contributed by atoms with Gasteiger partial charge in [-0.25, -0.2) is 4.79 Å². The van der Waals surface area contributed by atoms with E-state index < -0.39 is 0 Å². The molecule has 5 rings (SSSR count). The number of hydrogen-bond donors (Lipinski definition) is 1. The lowest BCUT2D eigenvalue weighted by atomic mass is 9.98. The molecule has 1 aliphatic rings. The van der Waals surface area contributed by atoms with E-state index in [1.54, 1.807) is 47.4 Å². The van der Waals surface area contributed by atoms with E-state index in [1.807, 2.05) is 41.8 Å². The first kappa shape index (κ1) is 20.7. The number of anilines is 1. The number of nitrogens with zero attached hydrogens (tertiary/aromatic N) is 2. The third-order valence-corrected chi connectivity index (χ3v) is 6.78. The Labute approximate surface area is 197 Å². The molecule has 0 radical (unpaired) electrons. The second-order valence-corrected chi connectivity index (χ2v) is 9.10. The zero-order chi connectivity index (χ0) is 22.2. The Morgan fingerprint density at radius 1 is 1.16 bits per heavy atom. The number of amides is 1. The van der Waals surface area contributed by atoms with Gasteiger partial charge in [-0.3, -0.25) is 14.8 Å². The van der Waals surface area contributed by atoms with Crippen LogP contribution in [0.3, 0.4) is 0 Å². The third-order valence-electron chi connectivity index (χ3n) is 5.37. The van der Waals surface area contributed by atoms with E-state index in [0.29, 0.717) is 23.6 Å². The molecule has 0 fully saturated rings. The monoisotopic (exact) mass is 507 g/mol. The average molecular weight is 508 g/mol. The minimum Gasteiger partial charge on any atom is -0.462 e. The summed E-state index contributed by atoms with van der Waals surface area (Å²) in [5, 5.41) is 9.45. The van der Waals surface area contributed by atoms with Crippen LogP contribution in [0.4, 0.5) is 5.69 Å². The molecule has 1 amide bonds. The highest BCUT2D eigenvalue weighted by Crippen LogP contribution is 2.45. The molecule has 4 aromatic rings. The van der Waals surface area contributed by atoms with Crippen LogP contribution in [0.5, 0.6) is 0 Å². The van der Waals surface area contributed by atoms with Gasteiger partial charge in [-0.1, -0.05) is 34.1 Å². The van der Waals surface area contributed by atoms with E-state index in [0.717, 1.165) is 26.2 Å². The van der Waals surface area contributed by atoms with Gasteiger partial charge >= 0.3 is 5.97 Å². The van der Waals surface area contributed by atoms with Gasteiger partial charge in [-0.2, -0.15) is 5.10 Å². The van der Waals surface area contributed by atoms with Crippen LogP contribution in [0.15, 0.2) is 70.5 Å². The van der Waals surface area contributed by atoms with Crippen molar-refractivity contribution in [2.24, 2.45) is 0 Å². The van der Waals surface area contributed by atoms with E-state index >= 15 is 0 Å². The highest BCUT2D eigenvalue weighted by molar-refractivity contribution is 9.10. The van der Waals surface area contributed by atoms with Crippen LogP contribution >= 0.6 is 27.3 Å². The SMILES string of the molecule is CCOC(=O)c1ccc(N2C(=O)c3n[nH]c(-c4cccs4)c3[C@@H]2c2ccc(Br)cc2)cc1. The third kappa shape index (κ3) is 3.45. The smallest absolute Gasteiger partial charge is 0.338 e. The summed E-state index contributed by atoms with van der Waals surface area (Å²) in [5.74, 6) is -0.569. The van der Waals surface area contributed by atoms with Crippen LogP contribution in [0.2, 0.25) is 0 Å². The molecular weight excluding hydrogens is 490 g/mol. The second-order valence-electron chi connectivity index (χ2n) is 7.23. The number of nitrogens with one attached hydrogen (secondary N) is 1. The molecule has 3 heterocycles. The Hall–Kier alpha value is -3.23. The maximum atomic E-state index is 13.5. The number of fused-ring (bicyclic) bond motifs is 1. The maximum Gasteiger partial charge on any atom is 0.338 e. The zero-order valence-electron chi connectivity index (χ0n) is 17.0. The van der Waals surface area contributed by atoms with Crippen LogP contribution in [-0.4, -0.2) is 28.7 Å². The summed E-state index contributed by atoms with van der Waals surface area (Å²) in [5.41, 5.74) is 4.21. The summed E-state index contributed by atoms with van der Waals surface area (Å²) in [7, 11) is 0. The number of aromatic amines is 1. The van der Waals surface area contributed by atoms with Gasteiger partial charge in [0, 0.05) is 15.7 Å². The van der Waals surface area contributed by atoms with E-state index in [2.05, 4.69) is 26.1 Å². The van der Waals surface area contributed by atoms with Gasteiger partial charge in [-0.05, 0) is 60.3 Å². The van der Waals surface area contributed by atoms with Crippen molar-refractivity contribution < 1.29 is 14.3 Å². The molecule has 2 aromatic heterocycles. The quantitative estimate of drug-likeness (QED) is 0.345. The number of rotatable bonds is 5. The summed E-state index contributed by atoms with van der Waals surface area (Å²) in [4.78, 5) is 28.3. The fourth-order valence-electron chi connectivity index (χ4n) is 3.95. The van der Waals surface area contributed by atoms with Crippen molar-refractivity contribution in [1.29, 1.82) is 0 Å². The lowest BCUT2D eigenvalue weighted by Crippen LogP contribution is -2.29. The molecule has 0 saturated heterocycles. The van der Waals surface area contributed by atoms with Crippen molar-refractivity contribution in [2.45, 2.75) is 13.0 Å². The second kappa shape index (κ2) is 8.37. The van der Waals surface area contributed by atoms with Crippen LogP contribution in [0, 0.1) is 0 Å². The highest BCUT2D eigenvalue weighted by atomic mass is 79.9. The number of halogens is 1. The number of benzene rings is 2. The standard InChI is InChI=1S/C24H18BrN3O3S/c1-2-31-24(30)15-7-11-17(12-8-15)28-22(14-5-9-16(25)10-6-14)19-20(18-4-3-13-32-18)26-27-21(19)23(28)29/h3-13,22H,2H2,1H3,(H,26,27)/t22-/m0/s1. The van der Waals surface area contributed by atoms with Crippen molar-refractivity contribution in [3.05, 3.63) is 92.9 Å². The average Bonchev–Trinajstić information content (AvgIpc) is 3.53. The fourth-order valence-corrected chi connectivity index (χ4v) is 4.95. The minimum absolute atomic E-state index is 0.184. The number of hydrogen-bond acceptors (Lipinski definition) is 5. The van der Waals surface area contributed by atoms with Gasteiger partial charge in [-0.15, -0.1) is 11.3 Å². The van der Waals surface area contributed by atoms with Gasteiger partial charge in [0.25, 0.3) is 5.91 Å². The molecule has 2 aromatic carbocycles. The summed E-state index contributed by atoms with van der Waals surface area (Å²) in [6.45, 7) is 2.08. The molecule has 32 heavy (non-hydrogen) atoms. The number of aromatic nitrogens is 2. The largest absolute Gasteiger partial charge is 0.462 e. The van der Waals surface area contributed by atoms with E-state index in [4.69, 9.17) is 4.74 Å². The molecule has 0 aliphatic carbocycles. The Morgan fingerprint density at radius 2 is 1.91 bits per heavy atom. The molecule has 160 valence electrons. The fraction of sp³-hybridized carbons (Fsp3) is 0.125. The van der Waals surface area contributed by atoms with Gasteiger partial charge in [0.1, 0.15) is 0 Å². The molecule has 0 saturated carbocycles. The van der Waals surface area contributed by atoms with Crippen molar-refractivity contribution >= 4 is 44.8 Å². The number of ether oxygens (including phenoxy) is 1. The number of esters is 1. The first-order valence-electron chi connectivity index (χ1n) is 10.1.